The fourth-order valence-corrected chi connectivity index (χ4v) is 5.38. The number of ether oxygens (including phenoxy) is 1. The standard InChI is InChI=1S/C19H19ClN4O2S3/c1-2-17(25)24(14-5-6-14)18-22-23-19(29-18)28-11-13-10-27-16(21-13)9-26-15-7-3-12(20)4-8-15/h3-4,7-8,10,14H,2,5-6,9,11H2,1H3. The largest absolute Gasteiger partial charge is 0.486 e. The van der Waals surface area contributed by atoms with E-state index in [9.17, 15) is 4.79 Å². The van der Waals surface area contributed by atoms with Gasteiger partial charge in [0.25, 0.3) is 0 Å². The Bertz CT molecular complexity index is 972. The van der Waals surface area contributed by atoms with Gasteiger partial charge < -0.3 is 4.74 Å². The number of benzene rings is 1. The van der Waals surface area contributed by atoms with Gasteiger partial charge in [-0.25, -0.2) is 4.98 Å². The molecule has 6 nitrogen and oxygen atoms in total. The van der Waals surface area contributed by atoms with Gasteiger partial charge in [-0.1, -0.05) is 41.6 Å². The van der Waals surface area contributed by atoms with Crippen LogP contribution in [0.3, 0.4) is 0 Å². The summed E-state index contributed by atoms with van der Waals surface area (Å²) in [5.74, 6) is 1.59. The average Bonchev–Trinajstić information content (AvgIpc) is 3.27. The highest BCUT2D eigenvalue weighted by atomic mass is 35.5. The molecule has 0 saturated heterocycles. The second-order valence-electron chi connectivity index (χ2n) is 6.46. The van der Waals surface area contributed by atoms with Crippen molar-refractivity contribution in [2.75, 3.05) is 4.90 Å². The van der Waals surface area contributed by atoms with Gasteiger partial charge in [0.2, 0.25) is 11.0 Å². The van der Waals surface area contributed by atoms with Gasteiger partial charge in [0, 0.05) is 28.6 Å². The first kappa shape index (κ1) is 20.6. The summed E-state index contributed by atoms with van der Waals surface area (Å²) in [6, 6.07) is 7.59. The predicted molar refractivity (Wildman–Crippen MR) is 118 cm³/mol. The summed E-state index contributed by atoms with van der Waals surface area (Å²) in [4.78, 5) is 18.6. The molecule has 0 N–H and O–H groups in total. The monoisotopic (exact) mass is 466 g/mol. The zero-order valence-electron chi connectivity index (χ0n) is 15.7. The topological polar surface area (TPSA) is 68.2 Å². The van der Waals surface area contributed by atoms with Crippen molar-refractivity contribution >= 4 is 57.1 Å². The molecule has 4 rings (SSSR count). The van der Waals surface area contributed by atoms with Crippen LogP contribution in [0.25, 0.3) is 0 Å². The van der Waals surface area contributed by atoms with Crippen molar-refractivity contribution in [1.29, 1.82) is 0 Å². The number of carbonyl (C=O) groups excluding carboxylic acids is 1. The number of carbonyl (C=O) groups is 1. The number of rotatable bonds is 9. The van der Waals surface area contributed by atoms with E-state index in [-0.39, 0.29) is 5.91 Å². The van der Waals surface area contributed by atoms with Crippen molar-refractivity contribution in [3.8, 4) is 5.75 Å². The maximum atomic E-state index is 12.2. The van der Waals surface area contributed by atoms with E-state index in [0.717, 1.165) is 33.6 Å². The summed E-state index contributed by atoms with van der Waals surface area (Å²) >= 11 is 10.5. The molecule has 1 aromatic carbocycles. The molecule has 0 atom stereocenters. The Morgan fingerprint density at radius 1 is 1.31 bits per heavy atom. The molecule has 1 aliphatic carbocycles. The molecule has 0 radical (unpaired) electrons. The number of aromatic nitrogens is 3. The molecule has 1 amide bonds. The minimum Gasteiger partial charge on any atom is -0.486 e. The molecule has 0 bridgehead atoms. The van der Waals surface area contributed by atoms with Crippen LogP contribution in [0.15, 0.2) is 34.0 Å². The fraction of sp³-hybridized carbons (Fsp3) is 0.368. The number of amides is 1. The molecule has 1 saturated carbocycles. The third kappa shape index (κ3) is 5.48. The normalized spacial score (nSPS) is 13.4. The van der Waals surface area contributed by atoms with Crippen LogP contribution in [0.5, 0.6) is 5.75 Å². The molecule has 152 valence electrons. The molecule has 2 aromatic heterocycles. The highest BCUT2D eigenvalue weighted by molar-refractivity contribution is 8.00. The van der Waals surface area contributed by atoms with Gasteiger partial charge in [-0.3, -0.25) is 9.69 Å². The van der Waals surface area contributed by atoms with E-state index in [0.29, 0.717) is 35.0 Å². The molecule has 2 heterocycles. The molecular weight excluding hydrogens is 448 g/mol. The molecule has 0 aliphatic heterocycles. The number of anilines is 1. The van der Waals surface area contributed by atoms with Crippen molar-refractivity contribution < 1.29 is 9.53 Å². The SMILES string of the molecule is CCC(=O)N(c1nnc(SCc2csc(COc3ccc(Cl)cc3)n2)s1)C1CC1. The van der Waals surface area contributed by atoms with Crippen LogP contribution in [0.4, 0.5) is 5.13 Å². The Morgan fingerprint density at radius 3 is 2.83 bits per heavy atom. The van der Waals surface area contributed by atoms with Gasteiger partial charge in [-0.05, 0) is 37.1 Å². The van der Waals surface area contributed by atoms with Crippen LogP contribution in [-0.4, -0.2) is 27.1 Å². The zero-order valence-corrected chi connectivity index (χ0v) is 18.9. The quantitative estimate of drug-likeness (QED) is 0.309. The van der Waals surface area contributed by atoms with E-state index in [1.807, 2.05) is 29.3 Å². The van der Waals surface area contributed by atoms with E-state index in [2.05, 4.69) is 15.2 Å². The summed E-state index contributed by atoms with van der Waals surface area (Å²) in [6.45, 7) is 2.31. The van der Waals surface area contributed by atoms with Crippen molar-refractivity contribution in [3.05, 3.63) is 45.4 Å². The minimum atomic E-state index is 0.116. The van der Waals surface area contributed by atoms with E-state index in [1.165, 1.54) is 11.3 Å². The van der Waals surface area contributed by atoms with Gasteiger partial charge in [-0.2, -0.15) is 0 Å². The smallest absolute Gasteiger partial charge is 0.228 e. The predicted octanol–water partition coefficient (Wildman–Crippen LogP) is 5.42. The van der Waals surface area contributed by atoms with Crippen LogP contribution in [0, 0.1) is 0 Å². The molecular formula is C19H19ClN4O2S3. The molecule has 3 aromatic rings. The van der Waals surface area contributed by atoms with E-state index in [1.54, 1.807) is 35.2 Å². The number of thiazole rings is 1. The molecule has 1 aliphatic rings. The summed E-state index contributed by atoms with van der Waals surface area (Å²) in [7, 11) is 0. The fourth-order valence-electron chi connectivity index (χ4n) is 2.62. The minimum absolute atomic E-state index is 0.116. The first-order chi connectivity index (χ1) is 14.1. The zero-order chi connectivity index (χ0) is 20.2. The van der Waals surface area contributed by atoms with Crippen molar-refractivity contribution in [3.63, 3.8) is 0 Å². The first-order valence-electron chi connectivity index (χ1n) is 9.22. The number of thioether (sulfide) groups is 1. The number of hydrogen-bond donors (Lipinski definition) is 0. The average molecular weight is 467 g/mol. The van der Waals surface area contributed by atoms with Crippen LogP contribution >= 0.6 is 46.0 Å². The second-order valence-corrected chi connectivity index (χ2v) is 10.0. The molecule has 29 heavy (non-hydrogen) atoms. The Hall–Kier alpha value is -1.68. The van der Waals surface area contributed by atoms with Crippen LogP contribution in [0.1, 0.15) is 36.9 Å². The lowest BCUT2D eigenvalue weighted by Gasteiger charge is -2.17. The summed E-state index contributed by atoms with van der Waals surface area (Å²) in [6.07, 6.45) is 2.58. The van der Waals surface area contributed by atoms with Crippen LogP contribution in [-0.2, 0) is 17.2 Å². The molecule has 0 spiro atoms. The van der Waals surface area contributed by atoms with Gasteiger partial charge in [0.05, 0.1) is 5.69 Å². The van der Waals surface area contributed by atoms with Gasteiger partial charge >= 0.3 is 0 Å². The lowest BCUT2D eigenvalue weighted by atomic mass is 10.3. The van der Waals surface area contributed by atoms with E-state index in [4.69, 9.17) is 16.3 Å². The van der Waals surface area contributed by atoms with Crippen LogP contribution in [0.2, 0.25) is 5.02 Å². The Morgan fingerprint density at radius 2 is 2.10 bits per heavy atom. The third-order valence-corrected chi connectivity index (χ3v) is 7.42. The summed E-state index contributed by atoms with van der Waals surface area (Å²) < 4.78 is 6.59. The lowest BCUT2D eigenvalue weighted by molar-refractivity contribution is -0.118. The van der Waals surface area contributed by atoms with E-state index >= 15 is 0 Å². The van der Waals surface area contributed by atoms with Gasteiger partial charge in [0.15, 0.2) is 4.34 Å². The van der Waals surface area contributed by atoms with Crippen molar-refractivity contribution in [2.24, 2.45) is 0 Å². The molecule has 10 heteroatoms. The van der Waals surface area contributed by atoms with Crippen molar-refractivity contribution in [2.45, 2.75) is 48.9 Å². The van der Waals surface area contributed by atoms with Gasteiger partial charge in [0.1, 0.15) is 17.4 Å². The number of hydrogen-bond acceptors (Lipinski definition) is 8. The summed E-state index contributed by atoms with van der Waals surface area (Å²) in [5.41, 5.74) is 0.982. The Balaban J connectivity index is 1.30. The number of nitrogens with zero attached hydrogens (tertiary/aromatic N) is 4. The molecule has 1 fully saturated rings. The van der Waals surface area contributed by atoms with E-state index < -0.39 is 0 Å². The molecule has 0 unspecified atom stereocenters. The Kier molecular flexibility index (Phi) is 6.69. The van der Waals surface area contributed by atoms with Crippen LogP contribution < -0.4 is 9.64 Å². The van der Waals surface area contributed by atoms with Gasteiger partial charge in [-0.15, -0.1) is 21.5 Å². The Labute approximate surface area is 186 Å². The second kappa shape index (κ2) is 9.42. The maximum Gasteiger partial charge on any atom is 0.228 e. The lowest BCUT2D eigenvalue weighted by Crippen LogP contribution is -2.32. The number of halogens is 1. The highest BCUT2D eigenvalue weighted by Gasteiger charge is 2.35. The third-order valence-electron chi connectivity index (χ3n) is 4.20. The van der Waals surface area contributed by atoms with Crippen molar-refractivity contribution in [1.82, 2.24) is 15.2 Å². The first-order valence-corrected chi connectivity index (χ1v) is 12.3. The summed E-state index contributed by atoms with van der Waals surface area (Å²) in [5, 5.41) is 12.8. The maximum absolute atomic E-state index is 12.2. The highest BCUT2D eigenvalue weighted by Crippen LogP contribution is 2.37.